The number of nitrogens with zero attached hydrogens (tertiary/aromatic N) is 3. The van der Waals surface area contributed by atoms with Crippen LogP contribution in [0.1, 0.15) is 41.9 Å². The lowest BCUT2D eigenvalue weighted by molar-refractivity contribution is 0.0663. The van der Waals surface area contributed by atoms with Crippen LogP contribution in [0.2, 0.25) is 0 Å². The Morgan fingerprint density at radius 2 is 2.05 bits per heavy atom. The van der Waals surface area contributed by atoms with Gasteiger partial charge in [0.25, 0.3) is 5.91 Å². The van der Waals surface area contributed by atoms with Crippen LogP contribution in [0.25, 0.3) is 0 Å². The molecule has 2 fully saturated rings. The Hall–Kier alpha value is -1.07. The van der Waals surface area contributed by atoms with Gasteiger partial charge in [0.2, 0.25) is 0 Å². The monoisotopic (exact) mass is 312 g/mol. The van der Waals surface area contributed by atoms with E-state index in [9.17, 15) is 4.79 Å². The second-order valence-corrected chi connectivity index (χ2v) is 6.13. The number of hydrogen-bond acceptors (Lipinski definition) is 3. The van der Waals surface area contributed by atoms with E-state index in [4.69, 9.17) is 0 Å². The Kier molecular flexibility index (Phi) is 5.27. The van der Waals surface area contributed by atoms with Crippen LogP contribution in [0.15, 0.2) is 6.07 Å². The molecule has 1 amide bonds. The molecule has 3 rings (SSSR count). The van der Waals surface area contributed by atoms with Gasteiger partial charge in [-0.25, -0.2) is 0 Å². The number of hydrogen-bond donors (Lipinski definition) is 1. The Labute approximate surface area is 132 Å². The summed E-state index contributed by atoms with van der Waals surface area (Å²) in [7, 11) is 1.84. The molecule has 1 unspecified atom stereocenters. The number of carbonyl (C=O) groups is 1. The molecule has 2 saturated heterocycles. The summed E-state index contributed by atoms with van der Waals surface area (Å²) in [5.41, 5.74) is 1.61. The van der Waals surface area contributed by atoms with Crippen LogP contribution in [0.3, 0.4) is 0 Å². The molecular formula is C15H25ClN4O. The summed E-state index contributed by atoms with van der Waals surface area (Å²) in [6.07, 6.45) is 4.86. The summed E-state index contributed by atoms with van der Waals surface area (Å²) in [5.74, 6) is 0.876. The van der Waals surface area contributed by atoms with E-state index in [1.165, 1.54) is 12.8 Å². The van der Waals surface area contributed by atoms with E-state index in [0.29, 0.717) is 11.7 Å². The summed E-state index contributed by atoms with van der Waals surface area (Å²) in [6.45, 7) is 4.85. The molecule has 1 N–H and O–H groups in total. The topological polar surface area (TPSA) is 50.2 Å². The number of rotatable bonds is 2. The highest BCUT2D eigenvalue weighted by Crippen LogP contribution is 2.26. The second kappa shape index (κ2) is 6.79. The van der Waals surface area contributed by atoms with Crippen LogP contribution in [-0.2, 0) is 7.05 Å². The van der Waals surface area contributed by atoms with E-state index in [0.717, 1.165) is 44.1 Å². The number of likely N-dealkylation sites (tertiary alicyclic amines) is 1. The number of carbonyl (C=O) groups excluding carboxylic acids is 1. The standard InChI is InChI=1S/C15H24N4O.ClH/c1-11-10-14(18(2)17-11)15(20)19-8-5-12(6-9-19)13-4-3-7-16-13;/h10,12-13,16H,3-9H2,1-2H3;1H. The van der Waals surface area contributed by atoms with Gasteiger partial charge in [0.15, 0.2) is 0 Å². The summed E-state index contributed by atoms with van der Waals surface area (Å²) in [6, 6.07) is 2.57. The van der Waals surface area contributed by atoms with Crippen LogP contribution in [0, 0.1) is 12.8 Å². The normalized spacial score (nSPS) is 23.1. The Balaban J connectivity index is 0.00000161. The molecule has 2 aliphatic heterocycles. The van der Waals surface area contributed by atoms with Crippen molar-refractivity contribution in [1.29, 1.82) is 0 Å². The zero-order valence-corrected chi connectivity index (χ0v) is 13.7. The minimum absolute atomic E-state index is 0. The Morgan fingerprint density at radius 3 is 2.57 bits per heavy atom. The van der Waals surface area contributed by atoms with Gasteiger partial charge in [0.1, 0.15) is 5.69 Å². The van der Waals surface area contributed by atoms with Crippen molar-refractivity contribution in [2.75, 3.05) is 19.6 Å². The number of nitrogens with one attached hydrogen (secondary N) is 1. The molecule has 21 heavy (non-hydrogen) atoms. The van der Waals surface area contributed by atoms with Crippen LogP contribution in [-0.4, -0.2) is 46.3 Å². The summed E-state index contributed by atoms with van der Waals surface area (Å²) < 4.78 is 1.70. The first-order chi connectivity index (χ1) is 9.65. The van der Waals surface area contributed by atoms with Crippen LogP contribution < -0.4 is 5.32 Å². The van der Waals surface area contributed by atoms with Crippen molar-refractivity contribution >= 4 is 18.3 Å². The maximum Gasteiger partial charge on any atom is 0.272 e. The van der Waals surface area contributed by atoms with Gasteiger partial charge in [-0.2, -0.15) is 5.10 Å². The third-order valence-electron chi connectivity index (χ3n) is 4.72. The number of piperidine rings is 1. The van der Waals surface area contributed by atoms with E-state index in [1.807, 2.05) is 24.9 Å². The lowest BCUT2D eigenvalue weighted by Gasteiger charge is -2.34. The average molecular weight is 313 g/mol. The summed E-state index contributed by atoms with van der Waals surface area (Å²) >= 11 is 0. The van der Waals surface area contributed by atoms with Gasteiger partial charge in [-0.1, -0.05) is 0 Å². The van der Waals surface area contributed by atoms with Gasteiger partial charge in [-0.15, -0.1) is 12.4 Å². The molecule has 0 aromatic carbocycles. The highest BCUT2D eigenvalue weighted by atomic mass is 35.5. The minimum Gasteiger partial charge on any atom is -0.337 e. The summed E-state index contributed by atoms with van der Waals surface area (Å²) in [5, 5.41) is 7.86. The van der Waals surface area contributed by atoms with Crippen LogP contribution >= 0.6 is 12.4 Å². The molecule has 6 heteroatoms. The predicted octanol–water partition coefficient (Wildman–Crippen LogP) is 1.75. The molecule has 0 radical (unpaired) electrons. The SMILES string of the molecule is Cc1cc(C(=O)N2CCC(C3CCCN3)CC2)n(C)n1.Cl. The van der Waals surface area contributed by atoms with Gasteiger partial charge >= 0.3 is 0 Å². The number of aryl methyl sites for hydroxylation is 2. The molecule has 0 spiro atoms. The molecule has 0 bridgehead atoms. The molecule has 1 atom stereocenters. The minimum atomic E-state index is 0. The zero-order chi connectivity index (χ0) is 14.1. The molecule has 2 aliphatic rings. The number of aromatic nitrogens is 2. The third-order valence-corrected chi connectivity index (χ3v) is 4.72. The maximum atomic E-state index is 12.5. The number of halogens is 1. The summed E-state index contributed by atoms with van der Waals surface area (Å²) in [4.78, 5) is 14.5. The zero-order valence-electron chi connectivity index (χ0n) is 12.8. The smallest absolute Gasteiger partial charge is 0.272 e. The van der Waals surface area contributed by atoms with Crippen molar-refractivity contribution in [2.45, 2.75) is 38.6 Å². The average Bonchev–Trinajstić information content (AvgIpc) is 3.08. The van der Waals surface area contributed by atoms with Crippen LogP contribution in [0.5, 0.6) is 0 Å². The molecule has 0 saturated carbocycles. The van der Waals surface area contributed by atoms with E-state index >= 15 is 0 Å². The van der Waals surface area contributed by atoms with Crippen molar-refractivity contribution < 1.29 is 4.79 Å². The first-order valence-corrected chi connectivity index (χ1v) is 7.68. The number of amides is 1. The third kappa shape index (κ3) is 3.40. The lowest BCUT2D eigenvalue weighted by Crippen LogP contribution is -2.43. The van der Waals surface area contributed by atoms with Gasteiger partial charge < -0.3 is 10.2 Å². The van der Waals surface area contributed by atoms with Crippen molar-refractivity contribution in [2.24, 2.45) is 13.0 Å². The molecule has 118 valence electrons. The Morgan fingerprint density at radius 1 is 1.33 bits per heavy atom. The van der Waals surface area contributed by atoms with E-state index in [-0.39, 0.29) is 18.3 Å². The second-order valence-electron chi connectivity index (χ2n) is 6.13. The molecule has 5 nitrogen and oxygen atoms in total. The highest BCUT2D eigenvalue weighted by molar-refractivity contribution is 5.92. The van der Waals surface area contributed by atoms with Gasteiger partial charge in [0, 0.05) is 26.2 Å². The van der Waals surface area contributed by atoms with E-state index in [2.05, 4.69) is 10.4 Å². The van der Waals surface area contributed by atoms with Crippen molar-refractivity contribution in [3.8, 4) is 0 Å². The lowest BCUT2D eigenvalue weighted by atomic mass is 9.88. The quantitative estimate of drug-likeness (QED) is 0.905. The maximum absolute atomic E-state index is 12.5. The first kappa shape index (κ1) is 16.3. The fourth-order valence-electron chi connectivity index (χ4n) is 3.59. The van der Waals surface area contributed by atoms with Gasteiger partial charge in [0.05, 0.1) is 5.69 Å². The van der Waals surface area contributed by atoms with Gasteiger partial charge in [-0.05, 0) is 51.1 Å². The van der Waals surface area contributed by atoms with E-state index < -0.39 is 0 Å². The van der Waals surface area contributed by atoms with Crippen molar-refractivity contribution in [1.82, 2.24) is 20.0 Å². The largest absolute Gasteiger partial charge is 0.337 e. The van der Waals surface area contributed by atoms with E-state index in [1.54, 1.807) is 4.68 Å². The highest BCUT2D eigenvalue weighted by Gasteiger charge is 2.30. The molecule has 1 aromatic heterocycles. The fourth-order valence-corrected chi connectivity index (χ4v) is 3.59. The van der Waals surface area contributed by atoms with Gasteiger partial charge in [-0.3, -0.25) is 9.48 Å². The van der Waals surface area contributed by atoms with Crippen molar-refractivity contribution in [3.05, 3.63) is 17.5 Å². The molecular weight excluding hydrogens is 288 g/mol. The Bertz CT molecular complexity index is 488. The first-order valence-electron chi connectivity index (χ1n) is 7.68. The molecule has 1 aromatic rings. The fraction of sp³-hybridized carbons (Fsp3) is 0.733. The predicted molar refractivity (Wildman–Crippen MR) is 84.8 cm³/mol. The molecule has 3 heterocycles. The molecule has 0 aliphatic carbocycles. The van der Waals surface area contributed by atoms with Crippen molar-refractivity contribution in [3.63, 3.8) is 0 Å². The van der Waals surface area contributed by atoms with Crippen LogP contribution in [0.4, 0.5) is 0 Å².